The van der Waals surface area contributed by atoms with Gasteiger partial charge < -0.3 is 9.80 Å². The molecule has 5 rings (SSSR count). The summed E-state index contributed by atoms with van der Waals surface area (Å²) < 4.78 is 2.02. The highest BCUT2D eigenvalue weighted by Gasteiger charge is 2.34. The smallest absolute Gasteiger partial charge is 0.274 e. The van der Waals surface area contributed by atoms with E-state index >= 15 is 0 Å². The summed E-state index contributed by atoms with van der Waals surface area (Å²) >= 11 is 7.98. The van der Waals surface area contributed by atoms with E-state index in [-0.39, 0.29) is 5.91 Å². The van der Waals surface area contributed by atoms with E-state index < -0.39 is 0 Å². The van der Waals surface area contributed by atoms with Crippen molar-refractivity contribution in [2.24, 2.45) is 0 Å². The number of allylic oxidation sites excluding steroid dienone is 1. The third-order valence-electron chi connectivity index (χ3n) is 7.15. The first kappa shape index (κ1) is 22.8. The van der Waals surface area contributed by atoms with Gasteiger partial charge in [0, 0.05) is 78.8 Å². The first-order chi connectivity index (χ1) is 16.1. The molecule has 2 aliphatic heterocycles. The lowest BCUT2D eigenvalue weighted by atomic mass is 9.89. The van der Waals surface area contributed by atoms with Crippen LogP contribution in [0, 0.1) is 0 Å². The lowest BCUT2D eigenvalue weighted by molar-refractivity contribution is 0.0763. The van der Waals surface area contributed by atoms with Gasteiger partial charge >= 0.3 is 0 Å². The quantitative estimate of drug-likeness (QED) is 0.605. The summed E-state index contributed by atoms with van der Waals surface area (Å²) in [4.78, 5) is 20.4. The van der Waals surface area contributed by atoms with Crippen molar-refractivity contribution < 1.29 is 4.79 Å². The SMILES string of the molecule is C=CCn1nc(C(=O)N2CCSCC2)c2c1CCC(N1CCN(c3ccc(Cl)cc3)CC1)C2. The summed E-state index contributed by atoms with van der Waals surface area (Å²) in [6.45, 7) is 10.3. The standard InChI is InChI=1S/C25H32ClN5OS/c1-2-9-31-23-8-7-21(18-22(23)24(27-31)25(32)30-14-16-33-17-15-30)29-12-10-28(11-13-29)20-5-3-19(26)4-6-20/h2-6,21H,1,7-18H2. The fraction of sp³-hybridized carbons (Fsp3) is 0.520. The molecule has 1 amide bonds. The van der Waals surface area contributed by atoms with E-state index in [1.54, 1.807) is 0 Å². The Labute approximate surface area is 205 Å². The van der Waals surface area contributed by atoms with Crippen LogP contribution >= 0.6 is 23.4 Å². The minimum atomic E-state index is 0.113. The molecule has 0 N–H and O–H groups in total. The van der Waals surface area contributed by atoms with Crippen molar-refractivity contribution >= 4 is 35.0 Å². The number of fused-ring (bicyclic) bond motifs is 1. The summed E-state index contributed by atoms with van der Waals surface area (Å²) in [7, 11) is 0. The average Bonchev–Trinajstić information content (AvgIpc) is 3.22. The van der Waals surface area contributed by atoms with Crippen LogP contribution in [0.15, 0.2) is 36.9 Å². The molecule has 0 bridgehead atoms. The fourth-order valence-corrected chi connectivity index (χ4v) is 6.37. The van der Waals surface area contributed by atoms with E-state index in [2.05, 4.69) is 28.5 Å². The van der Waals surface area contributed by atoms with E-state index in [0.717, 1.165) is 75.1 Å². The van der Waals surface area contributed by atoms with Crippen LogP contribution in [0.25, 0.3) is 0 Å². The highest BCUT2D eigenvalue weighted by Crippen LogP contribution is 2.30. The van der Waals surface area contributed by atoms with Crippen molar-refractivity contribution in [2.45, 2.75) is 31.8 Å². The number of thioether (sulfide) groups is 1. The Kier molecular flexibility index (Phi) is 6.99. The van der Waals surface area contributed by atoms with Gasteiger partial charge in [-0.05, 0) is 43.5 Å². The minimum Gasteiger partial charge on any atom is -0.369 e. The first-order valence-electron chi connectivity index (χ1n) is 11.9. The molecular weight excluding hydrogens is 454 g/mol. The Morgan fingerprint density at radius 3 is 2.55 bits per heavy atom. The predicted molar refractivity (Wildman–Crippen MR) is 137 cm³/mol. The van der Waals surface area contributed by atoms with Crippen molar-refractivity contribution in [3.63, 3.8) is 0 Å². The van der Waals surface area contributed by atoms with Crippen LogP contribution < -0.4 is 4.90 Å². The minimum absolute atomic E-state index is 0.113. The largest absolute Gasteiger partial charge is 0.369 e. The number of amides is 1. The summed E-state index contributed by atoms with van der Waals surface area (Å²) in [6.07, 6.45) is 4.88. The van der Waals surface area contributed by atoms with Crippen LogP contribution in [0.1, 0.15) is 28.2 Å². The number of rotatable bonds is 5. The van der Waals surface area contributed by atoms with Crippen LogP contribution in [0.5, 0.6) is 0 Å². The summed E-state index contributed by atoms with van der Waals surface area (Å²) in [5, 5.41) is 5.58. The monoisotopic (exact) mass is 485 g/mol. The Hall–Kier alpha value is -1.96. The first-order valence-corrected chi connectivity index (χ1v) is 13.5. The Balaban J connectivity index is 1.30. The van der Waals surface area contributed by atoms with E-state index in [9.17, 15) is 4.79 Å². The highest BCUT2D eigenvalue weighted by atomic mass is 35.5. The second-order valence-electron chi connectivity index (χ2n) is 9.05. The van der Waals surface area contributed by atoms with E-state index in [0.29, 0.717) is 18.3 Å². The number of benzene rings is 1. The number of halogens is 1. The van der Waals surface area contributed by atoms with Gasteiger partial charge in [0.25, 0.3) is 5.91 Å². The van der Waals surface area contributed by atoms with Gasteiger partial charge in [-0.3, -0.25) is 14.4 Å². The van der Waals surface area contributed by atoms with Gasteiger partial charge in [-0.2, -0.15) is 16.9 Å². The molecule has 0 saturated carbocycles. The second kappa shape index (κ2) is 10.1. The van der Waals surface area contributed by atoms with Crippen LogP contribution in [0.2, 0.25) is 5.02 Å². The number of hydrogen-bond donors (Lipinski definition) is 0. The van der Waals surface area contributed by atoms with Gasteiger partial charge in [0.05, 0.1) is 6.54 Å². The van der Waals surface area contributed by atoms with Gasteiger partial charge in [-0.1, -0.05) is 17.7 Å². The Morgan fingerprint density at radius 1 is 1.12 bits per heavy atom. The number of aromatic nitrogens is 2. The number of anilines is 1. The van der Waals surface area contributed by atoms with Crippen LogP contribution in [-0.2, 0) is 19.4 Å². The van der Waals surface area contributed by atoms with Gasteiger partial charge in [-0.25, -0.2) is 0 Å². The van der Waals surface area contributed by atoms with Crippen LogP contribution in [-0.4, -0.2) is 82.3 Å². The molecule has 1 aromatic heterocycles. The third-order valence-corrected chi connectivity index (χ3v) is 8.34. The summed E-state index contributed by atoms with van der Waals surface area (Å²) in [5.74, 6) is 2.14. The zero-order valence-electron chi connectivity index (χ0n) is 19.1. The molecule has 33 heavy (non-hydrogen) atoms. The number of hydrogen-bond acceptors (Lipinski definition) is 5. The van der Waals surface area contributed by atoms with Crippen LogP contribution in [0.4, 0.5) is 5.69 Å². The molecule has 2 aromatic rings. The highest BCUT2D eigenvalue weighted by molar-refractivity contribution is 7.99. The molecule has 176 valence electrons. The molecule has 3 heterocycles. The molecular formula is C25H32ClN5OS. The lowest BCUT2D eigenvalue weighted by Crippen LogP contribution is -2.52. The molecule has 8 heteroatoms. The van der Waals surface area contributed by atoms with Crippen molar-refractivity contribution in [1.82, 2.24) is 19.6 Å². The van der Waals surface area contributed by atoms with Crippen LogP contribution in [0.3, 0.4) is 0 Å². The third kappa shape index (κ3) is 4.81. The van der Waals surface area contributed by atoms with Crippen molar-refractivity contribution in [2.75, 3.05) is 55.7 Å². The van der Waals surface area contributed by atoms with Crippen molar-refractivity contribution in [3.05, 3.63) is 58.9 Å². The number of nitrogens with zero attached hydrogens (tertiary/aromatic N) is 5. The zero-order valence-corrected chi connectivity index (χ0v) is 20.7. The maximum Gasteiger partial charge on any atom is 0.274 e. The van der Waals surface area contributed by atoms with E-state index in [4.69, 9.17) is 16.7 Å². The molecule has 3 aliphatic rings. The summed E-state index contributed by atoms with van der Waals surface area (Å²) in [5.41, 5.74) is 4.34. The molecule has 1 aliphatic carbocycles. The number of piperazine rings is 1. The van der Waals surface area contributed by atoms with Gasteiger partial charge in [0.2, 0.25) is 0 Å². The van der Waals surface area contributed by atoms with Gasteiger partial charge in [0.1, 0.15) is 0 Å². The van der Waals surface area contributed by atoms with Gasteiger partial charge in [-0.15, -0.1) is 6.58 Å². The summed E-state index contributed by atoms with van der Waals surface area (Å²) in [6, 6.07) is 8.61. The maximum atomic E-state index is 13.4. The Morgan fingerprint density at radius 2 is 1.85 bits per heavy atom. The molecule has 6 nitrogen and oxygen atoms in total. The van der Waals surface area contributed by atoms with Gasteiger partial charge in [0.15, 0.2) is 5.69 Å². The normalized spacial score (nSPS) is 21.7. The Bertz CT molecular complexity index is 993. The predicted octanol–water partition coefficient (Wildman–Crippen LogP) is 3.59. The zero-order chi connectivity index (χ0) is 22.8. The van der Waals surface area contributed by atoms with E-state index in [1.807, 2.05) is 39.6 Å². The molecule has 1 unspecified atom stereocenters. The lowest BCUT2D eigenvalue weighted by Gasteiger charge is -2.41. The molecule has 1 aromatic carbocycles. The van der Waals surface area contributed by atoms with E-state index in [1.165, 1.54) is 16.9 Å². The fourth-order valence-electron chi connectivity index (χ4n) is 5.34. The number of carbonyl (C=O) groups excluding carboxylic acids is 1. The topological polar surface area (TPSA) is 44.6 Å². The second-order valence-corrected chi connectivity index (χ2v) is 10.7. The molecule has 2 saturated heterocycles. The molecule has 0 radical (unpaired) electrons. The number of carbonyl (C=O) groups is 1. The van der Waals surface area contributed by atoms with Crippen molar-refractivity contribution in [3.8, 4) is 0 Å². The average molecular weight is 486 g/mol. The molecule has 0 spiro atoms. The molecule has 1 atom stereocenters. The van der Waals surface area contributed by atoms with Crippen molar-refractivity contribution in [1.29, 1.82) is 0 Å². The maximum absolute atomic E-state index is 13.4. The molecule has 2 fully saturated rings.